The van der Waals surface area contributed by atoms with E-state index in [1.165, 1.54) is 0 Å². The van der Waals surface area contributed by atoms with E-state index in [-0.39, 0.29) is 49.7 Å². The van der Waals surface area contributed by atoms with E-state index in [9.17, 15) is 4.79 Å². The number of esters is 1. The zero-order valence-electron chi connectivity index (χ0n) is 24.3. The summed E-state index contributed by atoms with van der Waals surface area (Å²) in [5.74, 6) is -0.250. The van der Waals surface area contributed by atoms with Crippen molar-refractivity contribution >= 4 is 12.0 Å². The van der Waals surface area contributed by atoms with Crippen molar-refractivity contribution in [3.05, 3.63) is 90.0 Å². The Hall–Kier alpha value is -2.77. The minimum atomic E-state index is -0.304. The van der Waals surface area contributed by atoms with E-state index in [1.54, 1.807) is 7.11 Å². The number of rotatable bonds is 17. The van der Waals surface area contributed by atoms with Crippen LogP contribution in [0.15, 0.2) is 78.9 Å². The third-order valence-corrected chi connectivity index (χ3v) is 6.93. The van der Waals surface area contributed by atoms with Crippen LogP contribution in [-0.4, -0.2) is 50.4 Å². The van der Waals surface area contributed by atoms with E-state index in [4.69, 9.17) is 23.7 Å². The van der Waals surface area contributed by atoms with Gasteiger partial charge in [-0.15, -0.1) is 6.58 Å². The smallest absolute Gasteiger partial charge is 0.308 e. The number of ether oxygens (including phenoxy) is 5. The SMILES string of the molecule is C=C(C)C[C@@H](C[C@H](CCC)OC(=O)C[C@H]1C[C@@H](OCOCc2ccccc2)C[C@@H](/C=C/c2ccccc2)O1)OC. The summed E-state index contributed by atoms with van der Waals surface area (Å²) in [6, 6.07) is 20.1. The van der Waals surface area contributed by atoms with Crippen LogP contribution in [0.1, 0.15) is 69.9 Å². The Labute approximate surface area is 240 Å². The topological polar surface area (TPSA) is 63.2 Å². The van der Waals surface area contributed by atoms with Gasteiger partial charge in [-0.05, 0) is 30.9 Å². The van der Waals surface area contributed by atoms with Gasteiger partial charge in [-0.25, -0.2) is 0 Å². The molecule has 0 saturated carbocycles. The van der Waals surface area contributed by atoms with E-state index in [0.29, 0.717) is 25.9 Å². The summed E-state index contributed by atoms with van der Waals surface area (Å²) in [5.41, 5.74) is 3.25. The third kappa shape index (κ3) is 12.2. The summed E-state index contributed by atoms with van der Waals surface area (Å²) in [4.78, 5) is 13.1. The average Bonchev–Trinajstić information content (AvgIpc) is 2.94. The van der Waals surface area contributed by atoms with E-state index in [2.05, 4.69) is 37.8 Å². The van der Waals surface area contributed by atoms with Gasteiger partial charge in [0.15, 0.2) is 0 Å². The van der Waals surface area contributed by atoms with Crippen molar-refractivity contribution in [2.45, 2.75) is 95.9 Å². The maximum Gasteiger partial charge on any atom is 0.308 e. The van der Waals surface area contributed by atoms with Crippen LogP contribution < -0.4 is 0 Å². The van der Waals surface area contributed by atoms with Gasteiger partial charge in [0.05, 0.1) is 37.4 Å². The first-order valence-corrected chi connectivity index (χ1v) is 14.4. The molecule has 1 heterocycles. The summed E-state index contributed by atoms with van der Waals surface area (Å²) >= 11 is 0. The summed E-state index contributed by atoms with van der Waals surface area (Å²) in [7, 11) is 1.70. The van der Waals surface area contributed by atoms with E-state index >= 15 is 0 Å². The molecule has 6 heteroatoms. The summed E-state index contributed by atoms with van der Waals surface area (Å²) < 4.78 is 29.8. The van der Waals surface area contributed by atoms with Crippen LogP contribution in [-0.2, 0) is 35.1 Å². The van der Waals surface area contributed by atoms with Gasteiger partial charge in [0, 0.05) is 26.4 Å². The molecular formula is C34H46O6. The number of hydrogen-bond donors (Lipinski definition) is 0. The quantitative estimate of drug-likeness (QED) is 0.0893. The van der Waals surface area contributed by atoms with Gasteiger partial charge in [-0.2, -0.15) is 0 Å². The Morgan fingerprint density at radius 1 is 1.07 bits per heavy atom. The van der Waals surface area contributed by atoms with E-state index in [0.717, 1.165) is 36.0 Å². The fraction of sp³-hybridized carbons (Fsp3) is 0.500. The fourth-order valence-corrected chi connectivity index (χ4v) is 4.97. The van der Waals surface area contributed by atoms with Crippen LogP contribution in [0.2, 0.25) is 0 Å². The highest BCUT2D eigenvalue weighted by Crippen LogP contribution is 2.27. The first-order chi connectivity index (χ1) is 19.4. The van der Waals surface area contributed by atoms with Gasteiger partial charge in [0.2, 0.25) is 0 Å². The molecule has 1 aliphatic heterocycles. The molecule has 2 aromatic rings. The first kappa shape index (κ1) is 31.8. The maximum absolute atomic E-state index is 13.1. The molecule has 3 rings (SSSR count). The Balaban J connectivity index is 1.58. The predicted molar refractivity (Wildman–Crippen MR) is 159 cm³/mol. The fourth-order valence-electron chi connectivity index (χ4n) is 4.97. The summed E-state index contributed by atoms with van der Waals surface area (Å²) in [6.07, 6.45) is 7.92. The molecule has 1 aliphatic rings. The average molecular weight is 551 g/mol. The van der Waals surface area contributed by atoms with Crippen LogP contribution in [0.25, 0.3) is 6.08 Å². The number of carbonyl (C=O) groups excluding carboxylic acids is 1. The Kier molecular flexibility index (Phi) is 14.1. The highest BCUT2D eigenvalue weighted by molar-refractivity contribution is 5.70. The maximum atomic E-state index is 13.1. The number of hydrogen-bond acceptors (Lipinski definition) is 6. The van der Waals surface area contributed by atoms with E-state index in [1.807, 2.05) is 55.5 Å². The minimum Gasteiger partial charge on any atom is -0.462 e. The van der Waals surface area contributed by atoms with Crippen LogP contribution in [0.5, 0.6) is 0 Å². The predicted octanol–water partition coefficient (Wildman–Crippen LogP) is 7.28. The molecule has 218 valence electrons. The van der Waals surface area contributed by atoms with Crippen molar-refractivity contribution in [3.63, 3.8) is 0 Å². The lowest BCUT2D eigenvalue weighted by molar-refractivity contribution is -0.166. The van der Waals surface area contributed by atoms with Gasteiger partial charge in [-0.1, -0.05) is 91.7 Å². The molecule has 0 aromatic heterocycles. The van der Waals surface area contributed by atoms with Crippen molar-refractivity contribution in [2.75, 3.05) is 13.9 Å². The van der Waals surface area contributed by atoms with Crippen molar-refractivity contribution in [1.82, 2.24) is 0 Å². The molecule has 1 fully saturated rings. The minimum absolute atomic E-state index is 0.0195. The number of carbonyl (C=O) groups is 1. The Morgan fingerprint density at radius 3 is 2.48 bits per heavy atom. The van der Waals surface area contributed by atoms with Gasteiger partial charge in [0.25, 0.3) is 0 Å². The van der Waals surface area contributed by atoms with Crippen LogP contribution in [0.3, 0.4) is 0 Å². The molecule has 5 atom stereocenters. The number of methoxy groups -OCH3 is 1. The van der Waals surface area contributed by atoms with Gasteiger partial charge < -0.3 is 23.7 Å². The first-order valence-electron chi connectivity index (χ1n) is 14.4. The Morgan fingerprint density at radius 2 is 1.80 bits per heavy atom. The molecule has 0 aliphatic carbocycles. The molecule has 1 saturated heterocycles. The highest BCUT2D eigenvalue weighted by Gasteiger charge is 2.31. The van der Waals surface area contributed by atoms with Crippen molar-refractivity contribution in [3.8, 4) is 0 Å². The zero-order chi connectivity index (χ0) is 28.6. The van der Waals surface area contributed by atoms with Crippen LogP contribution in [0.4, 0.5) is 0 Å². The van der Waals surface area contributed by atoms with E-state index < -0.39 is 0 Å². The summed E-state index contributed by atoms with van der Waals surface area (Å²) in [5, 5.41) is 0. The summed E-state index contributed by atoms with van der Waals surface area (Å²) in [6.45, 7) is 8.75. The largest absolute Gasteiger partial charge is 0.462 e. The van der Waals surface area contributed by atoms with Crippen molar-refractivity contribution in [1.29, 1.82) is 0 Å². The lowest BCUT2D eigenvalue weighted by Crippen LogP contribution is -2.38. The standard InChI is InChI=1S/C34H46O6/c1-5-12-29(20-31(36-4)19-26(2)3)40-34(35)23-33-22-32(38-25-37-24-28-15-10-7-11-16-28)21-30(39-33)18-17-27-13-8-6-9-14-27/h6-11,13-18,29-33H,2,5,12,19-25H2,1,3-4H3/b18-17+/t29-,30+,31-,32-,33+/m0/s1. The van der Waals surface area contributed by atoms with Crippen molar-refractivity contribution in [2.24, 2.45) is 0 Å². The molecule has 2 aromatic carbocycles. The third-order valence-electron chi connectivity index (χ3n) is 6.93. The molecule has 0 amide bonds. The van der Waals surface area contributed by atoms with Gasteiger partial charge in [0.1, 0.15) is 12.9 Å². The Bertz CT molecular complexity index is 1020. The van der Waals surface area contributed by atoms with Gasteiger partial charge in [-0.3, -0.25) is 4.79 Å². The zero-order valence-corrected chi connectivity index (χ0v) is 24.3. The lowest BCUT2D eigenvalue weighted by atomic mass is 9.98. The van der Waals surface area contributed by atoms with Crippen LogP contribution >= 0.6 is 0 Å². The number of benzene rings is 2. The second kappa shape index (κ2) is 17.8. The highest BCUT2D eigenvalue weighted by atomic mass is 16.7. The van der Waals surface area contributed by atoms with Crippen molar-refractivity contribution < 1.29 is 28.5 Å². The molecule has 0 N–H and O–H groups in total. The molecule has 6 nitrogen and oxygen atoms in total. The monoisotopic (exact) mass is 550 g/mol. The van der Waals surface area contributed by atoms with Crippen LogP contribution in [0, 0.1) is 0 Å². The molecule has 0 unspecified atom stereocenters. The molecule has 0 radical (unpaired) electrons. The molecule has 0 spiro atoms. The molecule has 40 heavy (non-hydrogen) atoms. The second-order valence-electron chi connectivity index (χ2n) is 10.6. The second-order valence-corrected chi connectivity index (χ2v) is 10.6. The lowest BCUT2D eigenvalue weighted by Gasteiger charge is -2.34. The normalized spacial score (nSPS) is 20.7. The van der Waals surface area contributed by atoms with Gasteiger partial charge >= 0.3 is 5.97 Å². The molecule has 0 bridgehead atoms. The molecular weight excluding hydrogens is 504 g/mol.